The molecule has 0 atom stereocenters. The van der Waals surface area contributed by atoms with Crippen LogP contribution in [0.5, 0.6) is 0 Å². The lowest BCUT2D eigenvalue weighted by Gasteiger charge is -2.08. The van der Waals surface area contributed by atoms with Gasteiger partial charge in [-0.1, -0.05) is 30.3 Å². The third kappa shape index (κ3) is 4.46. The van der Waals surface area contributed by atoms with Crippen molar-refractivity contribution < 1.29 is 14.0 Å². The normalized spacial score (nSPS) is 13.1. The van der Waals surface area contributed by atoms with Gasteiger partial charge in [0.25, 0.3) is 11.8 Å². The Bertz CT molecular complexity index is 1630. The average molecular weight is 497 g/mol. The number of aryl methyl sites for hydroxylation is 2. The van der Waals surface area contributed by atoms with E-state index in [9.17, 15) is 9.59 Å². The highest BCUT2D eigenvalue weighted by Gasteiger charge is 2.30. The van der Waals surface area contributed by atoms with Gasteiger partial charge in [-0.3, -0.25) is 18.7 Å². The Hall–Kier alpha value is -4.80. The molecule has 0 radical (unpaired) electrons. The smallest absolute Gasteiger partial charge is 0.275 e. The van der Waals surface area contributed by atoms with E-state index >= 15 is 0 Å². The molecule has 1 fully saturated rings. The van der Waals surface area contributed by atoms with Gasteiger partial charge in [-0.05, 0) is 25.8 Å². The minimum absolute atomic E-state index is 0.114. The summed E-state index contributed by atoms with van der Waals surface area (Å²) in [6.07, 6.45) is 7.17. The monoisotopic (exact) mass is 496 g/mol. The number of carbonyl (C=O) groups excluding carboxylic acids is 2. The number of oxazole rings is 1. The Morgan fingerprint density at radius 2 is 1.89 bits per heavy atom. The number of rotatable bonds is 7. The number of hydrogen-bond acceptors (Lipinski definition) is 7. The third-order valence-corrected chi connectivity index (χ3v) is 6.29. The molecule has 1 aliphatic rings. The van der Waals surface area contributed by atoms with Gasteiger partial charge < -0.3 is 15.1 Å². The van der Waals surface area contributed by atoms with Crippen LogP contribution in [-0.2, 0) is 13.6 Å². The largest absolute Gasteiger partial charge is 0.445 e. The van der Waals surface area contributed by atoms with Crippen LogP contribution < -0.4 is 10.6 Å². The van der Waals surface area contributed by atoms with E-state index in [4.69, 9.17) is 4.42 Å². The number of hydrogen-bond donors (Lipinski definition) is 2. The van der Waals surface area contributed by atoms with Gasteiger partial charge in [-0.15, -0.1) is 0 Å². The van der Waals surface area contributed by atoms with Crippen LogP contribution >= 0.6 is 0 Å². The lowest BCUT2D eigenvalue weighted by molar-refractivity contribution is 0.0935. The molecule has 6 rings (SSSR count). The van der Waals surface area contributed by atoms with E-state index in [2.05, 4.69) is 30.7 Å². The van der Waals surface area contributed by atoms with Crippen LogP contribution in [0.1, 0.15) is 57.0 Å². The van der Waals surface area contributed by atoms with Crippen molar-refractivity contribution in [2.45, 2.75) is 32.2 Å². The molecule has 0 bridgehead atoms. The first-order valence-electron chi connectivity index (χ1n) is 11.9. The van der Waals surface area contributed by atoms with Gasteiger partial charge in [0.15, 0.2) is 5.89 Å². The molecule has 4 heterocycles. The Kier molecular flexibility index (Phi) is 5.52. The minimum Gasteiger partial charge on any atom is -0.445 e. The standard InChI is InChI=1S/C26H24N8O3/c1-15-19(29-25(37-15)17-8-9-17)13-27-23(35)18-12-28-33(2)22(18)24(36)31-21-10-11-34-14-20(30-26(34)32-21)16-6-4-3-5-7-16/h3-7,10-12,14,17H,8-9,13H2,1-2H3,(H,27,35)(H,30,31,32,36). The molecule has 0 unspecified atom stereocenters. The maximum Gasteiger partial charge on any atom is 0.275 e. The van der Waals surface area contributed by atoms with Crippen molar-refractivity contribution in [3.63, 3.8) is 0 Å². The van der Waals surface area contributed by atoms with Crippen LogP contribution in [0.3, 0.4) is 0 Å². The summed E-state index contributed by atoms with van der Waals surface area (Å²) in [6, 6.07) is 11.4. The zero-order valence-corrected chi connectivity index (χ0v) is 20.3. The number of aromatic nitrogens is 6. The number of fused-ring (bicyclic) bond motifs is 1. The highest BCUT2D eigenvalue weighted by molar-refractivity contribution is 6.10. The van der Waals surface area contributed by atoms with Gasteiger partial charge in [-0.2, -0.15) is 10.1 Å². The van der Waals surface area contributed by atoms with Gasteiger partial charge in [0.1, 0.15) is 23.0 Å². The number of anilines is 1. The first-order valence-corrected chi connectivity index (χ1v) is 11.9. The molecule has 1 aromatic carbocycles. The summed E-state index contributed by atoms with van der Waals surface area (Å²) < 4.78 is 8.85. The third-order valence-electron chi connectivity index (χ3n) is 6.29. The summed E-state index contributed by atoms with van der Waals surface area (Å²) >= 11 is 0. The zero-order valence-electron chi connectivity index (χ0n) is 20.3. The fourth-order valence-electron chi connectivity index (χ4n) is 4.12. The second-order valence-electron chi connectivity index (χ2n) is 9.01. The van der Waals surface area contributed by atoms with Crippen molar-refractivity contribution in [2.75, 3.05) is 5.32 Å². The second-order valence-corrected chi connectivity index (χ2v) is 9.01. The maximum absolute atomic E-state index is 13.2. The minimum atomic E-state index is -0.509. The fourth-order valence-corrected chi connectivity index (χ4v) is 4.12. The van der Waals surface area contributed by atoms with Gasteiger partial charge in [0.2, 0.25) is 5.78 Å². The van der Waals surface area contributed by atoms with Crippen LogP contribution in [0.4, 0.5) is 5.82 Å². The van der Waals surface area contributed by atoms with Crippen molar-refractivity contribution >= 4 is 23.4 Å². The Balaban J connectivity index is 1.18. The lowest BCUT2D eigenvalue weighted by Crippen LogP contribution is -2.27. The number of benzene rings is 1. The fraction of sp³-hybridized carbons (Fsp3) is 0.231. The van der Waals surface area contributed by atoms with Gasteiger partial charge in [-0.25, -0.2) is 9.97 Å². The van der Waals surface area contributed by atoms with Crippen molar-refractivity contribution in [3.05, 3.63) is 83.6 Å². The molecule has 0 spiro atoms. The quantitative estimate of drug-likeness (QED) is 0.352. The van der Waals surface area contributed by atoms with Crippen LogP contribution in [0.15, 0.2) is 59.4 Å². The summed E-state index contributed by atoms with van der Waals surface area (Å²) in [5.41, 5.74) is 2.68. The SMILES string of the molecule is Cc1oc(C2CC2)nc1CNC(=O)c1cnn(C)c1C(=O)Nc1ccn2cc(-c3ccccc3)nc2n1. The molecule has 37 heavy (non-hydrogen) atoms. The van der Waals surface area contributed by atoms with E-state index in [0.717, 1.165) is 30.0 Å². The number of amides is 2. The molecule has 186 valence electrons. The Labute approximate surface area is 211 Å². The number of nitrogens with one attached hydrogen (secondary N) is 2. The van der Waals surface area contributed by atoms with E-state index < -0.39 is 11.8 Å². The molecule has 0 saturated heterocycles. The Morgan fingerprint density at radius 3 is 2.68 bits per heavy atom. The summed E-state index contributed by atoms with van der Waals surface area (Å²) in [5, 5.41) is 9.69. The van der Waals surface area contributed by atoms with Crippen molar-refractivity contribution in [3.8, 4) is 11.3 Å². The summed E-state index contributed by atoms with van der Waals surface area (Å²) in [4.78, 5) is 39.6. The zero-order chi connectivity index (χ0) is 25.5. The van der Waals surface area contributed by atoms with Gasteiger partial charge in [0.05, 0.1) is 24.0 Å². The maximum atomic E-state index is 13.2. The first-order chi connectivity index (χ1) is 18.0. The molecule has 1 saturated carbocycles. The highest BCUT2D eigenvalue weighted by Crippen LogP contribution is 2.40. The molecule has 4 aromatic heterocycles. The van der Waals surface area contributed by atoms with E-state index in [1.807, 2.05) is 43.5 Å². The van der Waals surface area contributed by atoms with Gasteiger partial charge >= 0.3 is 0 Å². The highest BCUT2D eigenvalue weighted by atomic mass is 16.4. The molecular weight excluding hydrogens is 472 g/mol. The topological polar surface area (TPSA) is 132 Å². The number of imidazole rings is 1. The molecular formula is C26H24N8O3. The van der Waals surface area contributed by atoms with Crippen molar-refractivity contribution in [1.29, 1.82) is 0 Å². The Morgan fingerprint density at radius 1 is 1.08 bits per heavy atom. The summed E-state index contributed by atoms with van der Waals surface area (Å²) in [7, 11) is 1.60. The summed E-state index contributed by atoms with van der Waals surface area (Å²) in [5.74, 6) is 1.59. The molecule has 5 aromatic rings. The lowest BCUT2D eigenvalue weighted by atomic mass is 10.2. The van der Waals surface area contributed by atoms with Crippen molar-refractivity contribution in [2.24, 2.45) is 7.05 Å². The van der Waals surface area contributed by atoms with Crippen LogP contribution in [0.25, 0.3) is 17.0 Å². The first kappa shape index (κ1) is 22.7. The summed E-state index contributed by atoms with van der Waals surface area (Å²) in [6.45, 7) is 2.02. The van der Waals surface area contributed by atoms with Crippen LogP contribution in [-0.4, -0.2) is 40.9 Å². The van der Waals surface area contributed by atoms with E-state index in [1.54, 1.807) is 23.7 Å². The van der Waals surface area contributed by atoms with Crippen molar-refractivity contribution in [1.82, 2.24) is 34.4 Å². The van der Waals surface area contributed by atoms with E-state index in [1.165, 1.54) is 10.9 Å². The van der Waals surface area contributed by atoms with Crippen LogP contribution in [0.2, 0.25) is 0 Å². The predicted octanol–water partition coefficient (Wildman–Crippen LogP) is 3.49. The second kappa shape index (κ2) is 9.01. The molecule has 2 N–H and O–H groups in total. The molecule has 11 heteroatoms. The molecule has 1 aliphatic carbocycles. The predicted molar refractivity (Wildman–Crippen MR) is 134 cm³/mol. The molecule has 11 nitrogen and oxygen atoms in total. The van der Waals surface area contributed by atoms with E-state index in [-0.39, 0.29) is 17.8 Å². The number of carbonyl (C=O) groups is 2. The average Bonchev–Trinajstić information content (AvgIpc) is 3.38. The van der Waals surface area contributed by atoms with Gasteiger partial charge in [0, 0.05) is 30.9 Å². The van der Waals surface area contributed by atoms with E-state index in [0.29, 0.717) is 29.0 Å². The molecule has 2 amide bonds. The van der Waals surface area contributed by atoms with Crippen LogP contribution in [0, 0.1) is 6.92 Å². The molecule has 0 aliphatic heterocycles. The number of nitrogens with zero attached hydrogens (tertiary/aromatic N) is 6.